The molecule has 1 aromatic heterocycles. The topological polar surface area (TPSA) is 117 Å². The number of aryl methyl sites for hydroxylation is 2. The van der Waals surface area contributed by atoms with Crippen LogP contribution in [0.2, 0.25) is 0 Å². The van der Waals surface area contributed by atoms with Gasteiger partial charge in [0.2, 0.25) is 5.91 Å². The molecule has 0 spiro atoms. The molecule has 0 bridgehead atoms. The van der Waals surface area contributed by atoms with E-state index in [1.807, 2.05) is 11.8 Å². The zero-order valence-corrected chi connectivity index (χ0v) is 14.8. The van der Waals surface area contributed by atoms with E-state index in [9.17, 15) is 18.0 Å². The van der Waals surface area contributed by atoms with Crippen LogP contribution in [-0.2, 0) is 14.8 Å². The van der Waals surface area contributed by atoms with E-state index in [2.05, 4.69) is 15.7 Å². The van der Waals surface area contributed by atoms with Gasteiger partial charge < -0.3 is 5.32 Å². The second-order valence-electron chi connectivity index (χ2n) is 4.99. The summed E-state index contributed by atoms with van der Waals surface area (Å²) in [5, 5.41) is 2.74. The van der Waals surface area contributed by atoms with Gasteiger partial charge in [-0.3, -0.25) is 15.0 Å². The Labute approximate surface area is 143 Å². The number of carbonyl (C=O) groups excluding carboxylic acids is 2. The van der Waals surface area contributed by atoms with Crippen molar-refractivity contribution in [3.63, 3.8) is 0 Å². The van der Waals surface area contributed by atoms with Crippen molar-refractivity contribution in [2.45, 2.75) is 25.7 Å². The van der Waals surface area contributed by atoms with Crippen molar-refractivity contribution >= 4 is 38.3 Å². The fraction of sp³-hybridized carbons (Fsp3) is 0.214. The van der Waals surface area contributed by atoms with Gasteiger partial charge in [-0.1, -0.05) is 29.0 Å². The van der Waals surface area contributed by atoms with Crippen LogP contribution in [0.5, 0.6) is 0 Å². The molecule has 8 nitrogen and oxygen atoms in total. The van der Waals surface area contributed by atoms with Crippen LogP contribution in [0.25, 0.3) is 0 Å². The smallest absolute Gasteiger partial charge is 0.278 e. The molecule has 128 valence electrons. The Kier molecular flexibility index (Phi) is 5.32. The van der Waals surface area contributed by atoms with Crippen LogP contribution in [-0.4, -0.2) is 25.2 Å². The van der Waals surface area contributed by atoms with E-state index in [1.165, 1.54) is 19.1 Å². The van der Waals surface area contributed by atoms with E-state index in [1.54, 1.807) is 19.1 Å². The van der Waals surface area contributed by atoms with Gasteiger partial charge in [-0.05, 0) is 26.0 Å². The fourth-order valence-corrected chi connectivity index (χ4v) is 3.50. The van der Waals surface area contributed by atoms with E-state index in [0.29, 0.717) is 5.69 Å². The highest BCUT2D eigenvalue weighted by Crippen LogP contribution is 2.22. The molecule has 1 aromatic carbocycles. The highest BCUT2D eigenvalue weighted by Gasteiger charge is 2.19. The molecule has 0 atom stereocenters. The lowest BCUT2D eigenvalue weighted by Gasteiger charge is -2.08. The number of carbonyl (C=O) groups is 2. The van der Waals surface area contributed by atoms with Crippen LogP contribution in [0, 0.1) is 13.8 Å². The van der Waals surface area contributed by atoms with Crippen LogP contribution in [0.4, 0.5) is 5.13 Å². The molecule has 0 aliphatic rings. The third-order valence-corrected chi connectivity index (χ3v) is 5.25. The molecule has 3 N–H and O–H groups in total. The molecule has 24 heavy (non-hydrogen) atoms. The van der Waals surface area contributed by atoms with Crippen molar-refractivity contribution in [1.29, 1.82) is 0 Å². The zero-order valence-electron chi connectivity index (χ0n) is 13.2. The zero-order chi connectivity index (χ0) is 17.9. The van der Waals surface area contributed by atoms with Gasteiger partial charge in [-0.15, -0.1) is 4.83 Å². The molecule has 2 amide bonds. The maximum Gasteiger partial charge on any atom is 0.278 e. The Morgan fingerprint density at radius 2 is 1.75 bits per heavy atom. The van der Waals surface area contributed by atoms with Crippen molar-refractivity contribution < 1.29 is 18.0 Å². The van der Waals surface area contributed by atoms with Crippen LogP contribution in [0.3, 0.4) is 0 Å². The molecular weight excluding hydrogens is 352 g/mol. The predicted octanol–water partition coefficient (Wildman–Crippen LogP) is 1.34. The van der Waals surface area contributed by atoms with E-state index in [-0.39, 0.29) is 20.8 Å². The minimum atomic E-state index is -3.87. The van der Waals surface area contributed by atoms with Gasteiger partial charge in [0.05, 0.1) is 10.6 Å². The average Bonchev–Trinajstić information content (AvgIpc) is 2.85. The first kappa shape index (κ1) is 18.0. The number of nitrogens with zero attached hydrogens (tertiary/aromatic N) is 1. The number of nitrogens with one attached hydrogen (secondary N) is 3. The summed E-state index contributed by atoms with van der Waals surface area (Å²) < 4.78 is 24.2. The summed E-state index contributed by atoms with van der Waals surface area (Å²) in [7, 11) is -3.87. The van der Waals surface area contributed by atoms with E-state index in [4.69, 9.17) is 0 Å². The normalized spacial score (nSPS) is 11.1. The second kappa shape index (κ2) is 7.07. The minimum absolute atomic E-state index is 0.0355. The molecule has 0 aliphatic carbocycles. The van der Waals surface area contributed by atoms with Gasteiger partial charge in [0.25, 0.3) is 15.9 Å². The number of amides is 2. The number of rotatable bonds is 5. The SMILES string of the molecule is CC(=O)Nc1nc(C)c(C(=O)NNS(=O)(=O)c2ccc(C)cc2)s1. The van der Waals surface area contributed by atoms with Crippen LogP contribution in [0.15, 0.2) is 29.2 Å². The molecule has 1 heterocycles. The second-order valence-corrected chi connectivity index (χ2v) is 7.67. The van der Waals surface area contributed by atoms with Crippen LogP contribution < -0.4 is 15.6 Å². The monoisotopic (exact) mass is 368 g/mol. The molecular formula is C14H16N4O4S2. The first-order valence-electron chi connectivity index (χ1n) is 6.83. The number of hydrogen-bond acceptors (Lipinski definition) is 6. The lowest BCUT2D eigenvalue weighted by molar-refractivity contribution is -0.114. The lowest BCUT2D eigenvalue weighted by atomic mass is 10.2. The number of aromatic nitrogens is 1. The summed E-state index contributed by atoms with van der Waals surface area (Å²) in [5.74, 6) is -0.965. The summed E-state index contributed by atoms with van der Waals surface area (Å²) in [6, 6.07) is 6.19. The van der Waals surface area contributed by atoms with Crippen molar-refractivity contribution in [2.24, 2.45) is 0 Å². The molecule has 0 aliphatic heterocycles. The van der Waals surface area contributed by atoms with Gasteiger partial charge >= 0.3 is 0 Å². The Hall–Kier alpha value is -2.30. The highest BCUT2D eigenvalue weighted by atomic mass is 32.2. The number of benzene rings is 1. The minimum Gasteiger partial charge on any atom is -0.302 e. The fourth-order valence-electron chi connectivity index (χ4n) is 1.76. The number of hydrazine groups is 1. The molecule has 10 heteroatoms. The van der Waals surface area contributed by atoms with Gasteiger partial charge in [-0.25, -0.2) is 13.4 Å². The van der Waals surface area contributed by atoms with Crippen molar-refractivity contribution in [2.75, 3.05) is 5.32 Å². The maximum atomic E-state index is 12.1. The number of sulfonamides is 1. The summed E-state index contributed by atoms with van der Waals surface area (Å²) >= 11 is 0.954. The van der Waals surface area contributed by atoms with Gasteiger partial charge in [0, 0.05) is 6.92 Å². The lowest BCUT2D eigenvalue weighted by Crippen LogP contribution is -2.41. The predicted molar refractivity (Wildman–Crippen MR) is 90.1 cm³/mol. The molecule has 0 saturated heterocycles. The van der Waals surface area contributed by atoms with Gasteiger partial charge in [0.15, 0.2) is 5.13 Å². The largest absolute Gasteiger partial charge is 0.302 e. The first-order chi connectivity index (χ1) is 11.2. The quantitative estimate of drug-likeness (QED) is 0.689. The Bertz CT molecular complexity index is 873. The molecule has 0 fully saturated rings. The molecule has 2 aromatic rings. The molecule has 0 radical (unpaired) electrons. The number of anilines is 1. The maximum absolute atomic E-state index is 12.1. The Balaban J connectivity index is 2.08. The summed E-state index contributed by atoms with van der Waals surface area (Å²) in [6.45, 7) is 4.75. The van der Waals surface area contributed by atoms with E-state index < -0.39 is 15.9 Å². The van der Waals surface area contributed by atoms with Gasteiger partial charge in [0.1, 0.15) is 4.88 Å². The number of hydrogen-bond donors (Lipinski definition) is 3. The standard InChI is InChI=1S/C14H16N4O4S2/c1-8-4-6-11(7-5-8)24(21,22)18-17-13(20)12-9(2)15-14(23-12)16-10(3)19/h4-7,18H,1-3H3,(H,17,20)(H,15,16,19). The van der Waals surface area contributed by atoms with Crippen molar-refractivity contribution in [1.82, 2.24) is 15.2 Å². The third kappa shape index (κ3) is 4.37. The molecule has 2 rings (SSSR count). The van der Waals surface area contributed by atoms with Crippen molar-refractivity contribution in [3.8, 4) is 0 Å². The summed E-state index contributed by atoms with van der Waals surface area (Å²) in [5.41, 5.74) is 3.45. The summed E-state index contributed by atoms with van der Waals surface area (Å²) in [6.07, 6.45) is 0. The van der Waals surface area contributed by atoms with E-state index in [0.717, 1.165) is 16.9 Å². The molecule has 0 unspecified atom stereocenters. The number of thiazole rings is 1. The third-order valence-electron chi connectivity index (χ3n) is 2.92. The van der Waals surface area contributed by atoms with Crippen molar-refractivity contribution in [3.05, 3.63) is 40.4 Å². The first-order valence-corrected chi connectivity index (χ1v) is 9.13. The highest BCUT2D eigenvalue weighted by molar-refractivity contribution is 7.89. The van der Waals surface area contributed by atoms with Crippen LogP contribution in [0.1, 0.15) is 27.9 Å². The van der Waals surface area contributed by atoms with Gasteiger partial charge in [-0.2, -0.15) is 0 Å². The average molecular weight is 368 g/mol. The Morgan fingerprint density at radius 3 is 2.33 bits per heavy atom. The van der Waals surface area contributed by atoms with E-state index >= 15 is 0 Å². The molecule has 0 saturated carbocycles. The van der Waals surface area contributed by atoms with Crippen LogP contribution >= 0.6 is 11.3 Å². The Morgan fingerprint density at radius 1 is 1.12 bits per heavy atom. The summed E-state index contributed by atoms with van der Waals surface area (Å²) in [4.78, 5) is 29.4.